The maximum Gasteiger partial charge on any atom is 0.322 e. The Bertz CT molecular complexity index is 334. The molecule has 0 bridgehead atoms. The second-order valence-corrected chi connectivity index (χ2v) is 4.00. The zero-order valence-corrected chi connectivity index (χ0v) is 9.65. The normalized spacial score (nSPS) is 19.9. The van der Waals surface area contributed by atoms with Gasteiger partial charge < -0.3 is 14.5 Å². The van der Waals surface area contributed by atoms with Gasteiger partial charge in [-0.15, -0.1) is 0 Å². The van der Waals surface area contributed by atoms with Crippen molar-refractivity contribution in [3.63, 3.8) is 0 Å². The minimum Gasteiger partial charge on any atom is -0.432 e. The standard InChI is InChI=1S/C11H17N3O3/c15-10(14-11-13-6-8-17-11)12-5-4-9-3-1-2-7-16-9/h6,8-9H,1-5,7H2,(H2,12,13,14,15). The number of hydrogen-bond donors (Lipinski definition) is 2. The Labute approximate surface area is 99.7 Å². The molecule has 2 amide bonds. The molecule has 1 aromatic rings. The molecule has 0 saturated carbocycles. The summed E-state index contributed by atoms with van der Waals surface area (Å²) in [6.07, 6.45) is 7.46. The van der Waals surface area contributed by atoms with E-state index in [9.17, 15) is 4.79 Å². The van der Waals surface area contributed by atoms with Gasteiger partial charge in [-0.05, 0) is 25.7 Å². The summed E-state index contributed by atoms with van der Waals surface area (Å²) < 4.78 is 10.5. The van der Waals surface area contributed by atoms with Crippen molar-refractivity contribution in [3.8, 4) is 0 Å². The average molecular weight is 239 g/mol. The highest BCUT2D eigenvalue weighted by Crippen LogP contribution is 2.14. The molecule has 1 saturated heterocycles. The van der Waals surface area contributed by atoms with Crippen LogP contribution in [0.15, 0.2) is 16.9 Å². The Morgan fingerprint density at radius 2 is 2.47 bits per heavy atom. The van der Waals surface area contributed by atoms with Crippen LogP contribution in [0.3, 0.4) is 0 Å². The molecule has 1 atom stereocenters. The predicted molar refractivity (Wildman–Crippen MR) is 61.7 cm³/mol. The van der Waals surface area contributed by atoms with Gasteiger partial charge in [0.2, 0.25) is 0 Å². The summed E-state index contributed by atoms with van der Waals surface area (Å²) in [5.41, 5.74) is 0. The number of carbonyl (C=O) groups is 1. The number of ether oxygens (including phenoxy) is 1. The summed E-state index contributed by atoms with van der Waals surface area (Å²) in [7, 11) is 0. The molecule has 17 heavy (non-hydrogen) atoms. The average Bonchev–Trinajstić information content (AvgIpc) is 2.83. The van der Waals surface area contributed by atoms with E-state index in [1.807, 2.05) is 0 Å². The lowest BCUT2D eigenvalue weighted by atomic mass is 10.1. The van der Waals surface area contributed by atoms with E-state index in [0.717, 1.165) is 25.9 Å². The van der Waals surface area contributed by atoms with Crippen LogP contribution in [0.1, 0.15) is 25.7 Å². The first kappa shape index (κ1) is 11.9. The lowest BCUT2D eigenvalue weighted by molar-refractivity contribution is 0.0120. The maximum absolute atomic E-state index is 11.4. The molecule has 2 heterocycles. The Morgan fingerprint density at radius 1 is 1.53 bits per heavy atom. The van der Waals surface area contributed by atoms with E-state index in [4.69, 9.17) is 9.15 Å². The lowest BCUT2D eigenvalue weighted by Crippen LogP contribution is -2.32. The molecule has 0 radical (unpaired) electrons. The molecule has 0 aromatic carbocycles. The van der Waals surface area contributed by atoms with Crippen LogP contribution in [0, 0.1) is 0 Å². The largest absolute Gasteiger partial charge is 0.432 e. The quantitative estimate of drug-likeness (QED) is 0.839. The molecular weight excluding hydrogens is 222 g/mol. The van der Waals surface area contributed by atoms with Crippen LogP contribution < -0.4 is 10.6 Å². The van der Waals surface area contributed by atoms with Crippen molar-refractivity contribution < 1.29 is 13.9 Å². The number of carbonyl (C=O) groups excluding carboxylic acids is 1. The number of anilines is 1. The Morgan fingerprint density at radius 3 is 3.18 bits per heavy atom. The third-order valence-corrected chi connectivity index (χ3v) is 2.68. The first-order chi connectivity index (χ1) is 8.34. The Hall–Kier alpha value is -1.56. The fourth-order valence-electron chi connectivity index (χ4n) is 1.81. The smallest absolute Gasteiger partial charge is 0.322 e. The molecule has 6 heteroatoms. The van der Waals surface area contributed by atoms with Crippen LogP contribution in [0.5, 0.6) is 0 Å². The van der Waals surface area contributed by atoms with Gasteiger partial charge in [0.05, 0.1) is 12.3 Å². The third kappa shape index (κ3) is 4.07. The number of oxazole rings is 1. The van der Waals surface area contributed by atoms with E-state index in [1.165, 1.54) is 18.9 Å². The van der Waals surface area contributed by atoms with Gasteiger partial charge in [-0.2, -0.15) is 0 Å². The van der Waals surface area contributed by atoms with Gasteiger partial charge >= 0.3 is 12.0 Å². The van der Waals surface area contributed by atoms with Crippen LogP contribution in [-0.4, -0.2) is 30.3 Å². The van der Waals surface area contributed by atoms with Crippen LogP contribution in [0.4, 0.5) is 10.8 Å². The highest BCUT2D eigenvalue weighted by atomic mass is 16.5. The molecule has 1 aromatic heterocycles. The fourth-order valence-corrected chi connectivity index (χ4v) is 1.81. The van der Waals surface area contributed by atoms with Crippen LogP contribution in [0.2, 0.25) is 0 Å². The van der Waals surface area contributed by atoms with Gasteiger partial charge in [-0.25, -0.2) is 9.78 Å². The molecule has 1 unspecified atom stereocenters. The molecular formula is C11H17N3O3. The SMILES string of the molecule is O=C(NCCC1CCCCO1)Nc1ncco1. The Kier molecular flexibility index (Phi) is 4.37. The van der Waals surface area contributed by atoms with Crippen LogP contribution in [-0.2, 0) is 4.74 Å². The highest BCUT2D eigenvalue weighted by molar-refractivity contribution is 5.86. The van der Waals surface area contributed by atoms with Gasteiger partial charge in [0, 0.05) is 13.2 Å². The number of nitrogens with one attached hydrogen (secondary N) is 2. The maximum atomic E-state index is 11.4. The number of hydrogen-bond acceptors (Lipinski definition) is 4. The minimum atomic E-state index is -0.303. The van der Waals surface area contributed by atoms with Gasteiger partial charge in [0.15, 0.2) is 0 Å². The lowest BCUT2D eigenvalue weighted by Gasteiger charge is -2.22. The molecule has 6 nitrogen and oxygen atoms in total. The van der Waals surface area contributed by atoms with Gasteiger partial charge in [0.25, 0.3) is 0 Å². The van der Waals surface area contributed by atoms with Gasteiger partial charge in [0.1, 0.15) is 6.26 Å². The zero-order chi connectivity index (χ0) is 11.9. The van der Waals surface area contributed by atoms with Crippen molar-refractivity contribution in [2.45, 2.75) is 31.8 Å². The van der Waals surface area contributed by atoms with Crippen molar-refractivity contribution in [2.24, 2.45) is 0 Å². The van der Waals surface area contributed by atoms with Crippen molar-refractivity contribution >= 4 is 12.0 Å². The monoisotopic (exact) mass is 239 g/mol. The molecule has 1 fully saturated rings. The molecule has 0 spiro atoms. The summed E-state index contributed by atoms with van der Waals surface area (Å²) in [6.45, 7) is 1.43. The third-order valence-electron chi connectivity index (χ3n) is 2.68. The van der Waals surface area contributed by atoms with Crippen LogP contribution >= 0.6 is 0 Å². The first-order valence-electron chi connectivity index (χ1n) is 5.90. The topological polar surface area (TPSA) is 76.4 Å². The van der Waals surface area contributed by atoms with Crippen molar-refractivity contribution in [2.75, 3.05) is 18.5 Å². The van der Waals surface area contributed by atoms with Crippen molar-refractivity contribution in [1.82, 2.24) is 10.3 Å². The summed E-state index contributed by atoms with van der Waals surface area (Å²) in [5.74, 6) is 0. The minimum absolute atomic E-state index is 0.205. The number of urea groups is 1. The highest BCUT2D eigenvalue weighted by Gasteiger charge is 2.13. The first-order valence-corrected chi connectivity index (χ1v) is 5.90. The molecule has 2 rings (SSSR count). The number of rotatable bonds is 4. The molecule has 0 aliphatic carbocycles. The summed E-state index contributed by atoms with van der Waals surface area (Å²) in [4.78, 5) is 15.2. The fraction of sp³-hybridized carbons (Fsp3) is 0.636. The summed E-state index contributed by atoms with van der Waals surface area (Å²) in [6, 6.07) is -0.0975. The van der Waals surface area contributed by atoms with Gasteiger partial charge in [-0.3, -0.25) is 5.32 Å². The number of nitrogens with zero attached hydrogens (tertiary/aromatic N) is 1. The van der Waals surface area contributed by atoms with Crippen molar-refractivity contribution in [1.29, 1.82) is 0 Å². The second kappa shape index (κ2) is 6.24. The van der Waals surface area contributed by atoms with E-state index in [-0.39, 0.29) is 18.1 Å². The molecule has 94 valence electrons. The van der Waals surface area contributed by atoms with Gasteiger partial charge in [-0.1, -0.05) is 0 Å². The van der Waals surface area contributed by atoms with E-state index in [0.29, 0.717) is 6.54 Å². The van der Waals surface area contributed by atoms with E-state index >= 15 is 0 Å². The van der Waals surface area contributed by atoms with Crippen molar-refractivity contribution in [3.05, 3.63) is 12.5 Å². The molecule has 1 aliphatic rings. The predicted octanol–water partition coefficient (Wildman–Crippen LogP) is 1.76. The van der Waals surface area contributed by atoms with Crippen LogP contribution in [0.25, 0.3) is 0 Å². The Balaban J connectivity index is 1.59. The molecule has 2 N–H and O–H groups in total. The second-order valence-electron chi connectivity index (χ2n) is 4.00. The van der Waals surface area contributed by atoms with E-state index in [1.54, 1.807) is 0 Å². The zero-order valence-electron chi connectivity index (χ0n) is 9.65. The number of amides is 2. The summed E-state index contributed by atoms with van der Waals surface area (Å²) >= 11 is 0. The summed E-state index contributed by atoms with van der Waals surface area (Å²) in [5, 5.41) is 5.23. The van der Waals surface area contributed by atoms with E-state index in [2.05, 4.69) is 15.6 Å². The number of aromatic nitrogens is 1. The van der Waals surface area contributed by atoms with E-state index < -0.39 is 0 Å². The molecule has 1 aliphatic heterocycles.